The van der Waals surface area contributed by atoms with Crippen molar-refractivity contribution in [3.63, 3.8) is 0 Å². The van der Waals surface area contributed by atoms with Crippen molar-refractivity contribution in [1.82, 2.24) is 0 Å². The minimum Gasteiger partial charge on any atom is -0.324 e. The minimum atomic E-state index is -0.276. The molecule has 2 aliphatic carbocycles. The maximum atomic E-state index is 13.0. The van der Waals surface area contributed by atoms with E-state index in [9.17, 15) is 4.39 Å². The second-order valence-electron chi connectivity index (χ2n) is 4.86. The van der Waals surface area contributed by atoms with Gasteiger partial charge in [0.25, 0.3) is 0 Å². The number of halogens is 2. The van der Waals surface area contributed by atoms with E-state index in [-0.39, 0.29) is 16.8 Å². The van der Waals surface area contributed by atoms with Gasteiger partial charge < -0.3 is 5.73 Å². The van der Waals surface area contributed by atoms with E-state index in [2.05, 4.69) is 0 Å². The molecule has 0 heterocycles. The zero-order valence-electron chi connectivity index (χ0n) is 8.39. The maximum absolute atomic E-state index is 13.0. The van der Waals surface area contributed by atoms with Crippen molar-refractivity contribution in [2.45, 2.75) is 36.6 Å². The molecule has 2 fully saturated rings. The standard InChI is InChI=1S/C12H13ClFN/c13-10-7-8(14)1-2-9(10)11(3-4-11)12(15)5-6-12/h1-2,7H,3-6,15H2. The van der Waals surface area contributed by atoms with Crippen molar-refractivity contribution in [1.29, 1.82) is 0 Å². The maximum Gasteiger partial charge on any atom is 0.124 e. The first kappa shape index (κ1) is 9.61. The number of rotatable bonds is 2. The van der Waals surface area contributed by atoms with Crippen LogP contribution in [0, 0.1) is 5.82 Å². The van der Waals surface area contributed by atoms with Crippen molar-refractivity contribution >= 4 is 11.6 Å². The Balaban J connectivity index is 2.06. The molecule has 3 heteroatoms. The number of hydrogen-bond donors (Lipinski definition) is 1. The van der Waals surface area contributed by atoms with Gasteiger partial charge in [-0.1, -0.05) is 17.7 Å². The highest BCUT2D eigenvalue weighted by Crippen LogP contribution is 2.64. The van der Waals surface area contributed by atoms with Crippen molar-refractivity contribution in [2.24, 2.45) is 5.73 Å². The Morgan fingerprint density at radius 3 is 2.33 bits per heavy atom. The summed E-state index contributed by atoms with van der Waals surface area (Å²) >= 11 is 6.09. The third-order valence-electron chi connectivity index (χ3n) is 3.94. The molecule has 0 aliphatic heterocycles. The van der Waals surface area contributed by atoms with E-state index in [4.69, 9.17) is 17.3 Å². The molecule has 0 atom stereocenters. The van der Waals surface area contributed by atoms with E-state index in [1.165, 1.54) is 12.1 Å². The van der Waals surface area contributed by atoms with Gasteiger partial charge in [0.2, 0.25) is 0 Å². The fraction of sp³-hybridized carbons (Fsp3) is 0.500. The summed E-state index contributed by atoms with van der Waals surface area (Å²) in [5, 5.41) is 0.532. The predicted molar refractivity (Wildman–Crippen MR) is 58.5 cm³/mol. The van der Waals surface area contributed by atoms with Gasteiger partial charge in [-0.05, 0) is 43.4 Å². The minimum absolute atomic E-state index is 0.0534. The Morgan fingerprint density at radius 1 is 1.20 bits per heavy atom. The van der Waals surface area contributed by atoms with Gasteiger partial charge in [-0.2, -0.15) is 0 Å². The van der Waals surface area contributed by atoms with Crippen LogP contribution in [0.25, 0.3) is 0 Å². The summed E-state index contributed by atoms with van der Waals surface area (Å²) in [7, 11) is 0. The first-order valence-corrected chi connectivity index (χ1v) is 5.70. The second kappa shape index (κ2) is 2.74. The zero-order valence-corrected chi connectivity index (χ0v) is 9.15. The first-order chi connectivity index (χ1) is 7.07. The zero-order chi connectivity index (χ0) is 10.7. The van der Waals surface area contributed by atoms with Crippen molar-refractivity contribution in [2.75, 3.05) is 0 Å². The van der Waals surface area contributed by atoms with Gasteiger partial charge in [0.15, 0.2) is 0 Å². The molecule has 2 N–H and O–H groups in total. The average molecular weight is 226 g/mol. The molecular formula is C12H13ClFN. The highest BCUT2D eigenvalue weighted by molar-refractivity contribution is 6.31. The molecule has 80 valence electrons. The number of hydrogen-bond acceptors (Lipinski definition) is 1. The fourth-order valence-corrected chi connectivity index (χ4v) is 3.00. The van der Waals surface area contributed by atoms with Crippen LogP contribution >= 0.6 is 11.6 Å². The molecule has 0 spiro atoms. The van der Waals surface area contributed by atoms with Gasteiger partial charge in [0.05, 0.1) is 0 Å². The molecule has 0 saturated heterocycles. The lowest BCUT2D eigenvalue weighted by Gasteiger charge is -2.24. The lowest BCUT2D eigenvalue weighted by atomic mass is 9.86. The predicted octanol–water partition coefficient (Wildman–Crippen LogP) is 3.00. The Kier molecular flexibility index (Phi) is 1.76. The molecule has 0 amide bonds. The number of benzene rings is 1. The van der Waals surface area contributed by atoms with Crippen LogP contribution in [0.5, 0.6) is 0 Å². The van der Waals surface area contributed by atoms with Crippen molar-refractivity contribution in [3.05, 3.63) is 34.6 Å². The van der Waals surface area contributed by atoms with E-state index in [1.807, 2.05) is 0 Å². The van der Waals surface area contributed by atoms with E-state index in [1.54, 1.807) is 6.07 Å². The van der Waals surface area contributed by atoms with Crippen LogP contribution in [0.4, 0.5) is 4.39 Å². The van der Waals surface area contributed by atoms with Gasteiger partial charge in [-0.25, -0.2) is 4.39 Å². The lowest BCUT2D eigenvalue weighted by molar-refractivity contribution is 0.502. The van der Waals surface area contributed by atoms with Crippen LogP contribution < -0.4 is 5.73 Å². The average Bonchev–Trinajstić information content (AvgIpc) is 3.01. The highest BCUT2D eigenvalue weighted by atomic mass is 35.5. The Hall–Kier alpha value is -0.600. The Morgan fingerprint density at radius 2 is 1.87 bits per heavy atom. The van der Waals surface area contributed by atoms with Gasteiger partial charge >= 0.3 is 0 Å². The molecule has 2 aliphatic rings. The molecule has 0 aromatic heterocycles. The SMILES string of the molecule is NC1(C2(c3ccc(F)cc3Cl)CC2)CC1. The lowest BCUT2D eigenvalue weighted by Crippen LogP contribution is -2.37. The van der Waals surface area contributed by atoms with E-state index in [0.29, 0.717) is 5.02 Å². The molecule has 2 saturated carbocycles. The summed E-state index contributed by atoms with van der Waals surface area (Å²) in [5.74, 6) is -0.276. The van der Waals surface area contributed by atoms with Crippen LogP contribution in [0.1, 0.15) is 31.2 Å². The van der Waals surface area contributed by atoms with Crippen LogP contribution in [-0.4, -0.2) is 5.54 Å². The molecular weight excluding hydrogens is 213 g/mol. The first-order valence-electron chi connectivity index (χ1n) is 5.32. The normalized spacial score (nSPS) is 25.0. The molecule has 0 radical (unpaired) electrons. The summed E-state index contributed by atoms with van der Waals surface area (Å²) in [4.78, 5) is 0. The van der Waals surface area contributed by atoms with Crippen LogP contribution in [0.15, 0.2) is 18.2 Å². The van der Waals surface area contributed by atoms with E-state index in [0.717, 1.165) is 31.2 Å². The molecule has 1 aromatic rings. The van der Waals surface area contributed by atoms with Gasteiger partial charge in [0, 0.05) is 16.0 Å². The molecule has 1 aromatic carbocycles. The summed E-state index contributed by atoms with van der Waals surface area (Å²) in [5.41, 5.74) is 7.31. The van der Waals surface area contributed by atoms with E-state index >= 15 is 0 Å². The molecule has 3 rings (SSSR count). The summed E-state index contributed by atoms with van der Waals surface area (Å²) in [6.07, 6.45) is 4.32. The third-order valence-corrected chi connectivity index (χ3v) is 4.25. The van der Waals surface area contributed by atoms with Gasteiger partial charge in [-0.3, -0.25) is 0 Å². The van der Waals surface area contributed by atoms with Crippen LogP contribution in [0.2, 0.25) is 5.02 Å². The van der Waals surface area contributed by atoms with Crippen LogP contribution in [0.3, 0.4) is 0 Å². The molecule has 0 bridgehead atoms. The van der Waals surface area contributed by atoms with Crippen molar-refractivity contribution < 1.29 is 4.39 Å². The second-order valence-corrected chi connectivity index (χ2v) is 5.27. The topological polar surface area (TPSA) is 26.0 Å². The highest BCUT2D eigenvalue weighted by Gasteiger charge is 2.64. The smallest absolute Gasteiger partial charge is 0.124 e. The number of nitrogens with two attached hydrogens (primary N) is 1. The summed E-state index contributed by atoms with van der Waals surface area (Å²) in [6, 6.07) is 4.67. The molecule has 0 unspecified atom stereocenters. The Bertz CT molecular complexity index is 422. The van der Waals surface area contributed by atoms with Crippen molar-refractivity contribution in [3.8, 4) is 0 Å². The van der Waals surface area contributed by atoms with Crippen LogP contribution in [-0.2, 0) is 5.41 Å². The molecule has 1 nitrogen and oxygen atoms in total. The quantitative estimate of drug-likeness (QED) is 0.823. The molecule has 15 heavy (non-hydrogen) atoms. The summed E-state index contributed by atoms with van der Waals surface area (Å²) in [6.45, 7) is 0. The monoisotopic (exact) mass is 225 g/mol. The van der Waals surface area contributed by atoms with Gasteiger partial charge in [0.1, 0.15) is 5.82 Å². The van der Waals surface area contributed by atoms with Gasteiger partial charge in [-0.15, -0.1) is 0 Å². The largest absolute Gasteiger partial charge is 0.324 e. The fourth-order valence-electron chi connectivity index (χ4n) is 2.65. The Labute approximate surface area is 93.4 Å². The summed E-state index contributed by atoms with van der Waals surface area (Å²) < 4.78 is 13.0. The van der Waals surface area contributed by atoms with E-state index < -0.39 is 0 Å². The third kappa shape index (κ3) is 1.25.